The Hall–Kier alpha value is -4.42. The summed E-state index contributed by atoms with van der Waals surface area (Å²) in [7, 11) is -3.69. The fourth-order valence-corrected chi connectivity index (χ4v) is 6.58. The van der Waals surface area contributed by atoms with Crippen LogP contribution in [0.25, 0.3) is 21.8 Å². The molecule has 2 aromatic carbocycles. The monoisotopic (exact) mass is 606 g/mol. The second-order valence-electron chi connectivity index (χ2n) is 10.8. The SMILES string of the molecule is CC(C)(C)OC(=O)NCc1ccc2cc(C(=O)O)n(Cc3cc(NS(=O)(=O)Cc4ccsc4)cc4ccccc34)c2n1. The Morgan fingerprint density at radius 2 is 1.83 bits per heavy atom. The third-order valence-electron chi connectivity index (χ3n) is 6.32. The fourth-order valence-electron chi connectivity index (χ4n) is 4.64. The Labute approximate surface area is 247 Å². The lowest BCUT2D eigenvalue weighted by Crippen LogP contribution is -2.32. The summed E-state index contributed by atoms with van der Waals surface area (Å²) in [5.74, 6) is -1.29. The highest BCUT2D eigenvalue weighted by molar-refractivity contribution is 7.91. The number of hydrogen-bond acceptors (Lipinski definition) is 7. The van der Waals surface area contributed by atoms with Gasteiger partial charge >= 0.3 is 12.1 Å². The minimum atomic E-state index is -3.69. The number of carboxylic acids is 1. The number of thiophene rings is 1. The summed E-state index contributed by atoms with van der Waals surface area (Å²) in [6.45, 7) is 5.50. The van der Waals surface area contributed by atoms with Crippen LogP contribution in [0.3, 0.4) is 0 Å². The summed E-state index contributed by atoms with van der Waals surface area (Å²) in [6.07, 6.45) is -0.587. The second-order valence-corrected chi connectivity index (χ2v) is 13.3. The Balaban J connectivity index is 1.50. The number of rotatable bonds is 9. The molecule has 0 aliphatic carbocycles. The van der Waals surface area contributed by atoms with Gasteiger partial charge in [0.1, 0.15) is 16.9 Å². The van der Waals surface area contributed by atoms with Crippen LogP contribution in [0.15, 0.2) is 71.4 Å². The van der Waals surface area contributed by atoms with Crippen LogP contribution in [0.1, 0.15) is 48.1 Å². The minimum Gasteiger partial charge on any atom is -0.477 e. The van der Waals surface area contributed by atoms with Gasteiger partial charge in [-0.1, -0.05) is 24.3 Å². The quantitative estimate of drug-likeness (QED) is 0.188. The number of benzene rings is 2. The van der Waals surface area contributed by atoms with Crippen LogP contribution in [0, 0.1) is 0 Å². The molecule has 3 N–H and O–H groups in total. The molecule has 218 valence electrons. The van der Waals surface area contributed by atoms with Crippen LogP contribution in [-0.4, -0.2) is 40.7 Å². The number of ether oxygens (including phenoxy) is 1. The van der Waals surface area contributed by atoms with Crippen molar-refractivity contribution in [3.8, 4) is 0 Å². The topological polar surface area (TPSA) is 140 Å². The van der Waals surface area contributed by atoms with Crippen LogP contribution < -0.4 is 10.0 Å². The van der Waals surface area contributed by atoms with Gasteiger partial charge in [0.2, 0.25) is 10.0 Å². The molecule has 0 unspecified atom stereocenters. The van der Waals surface area contributed by atoms with Crippen molar-refractivity contribution in [2.75, 3.05) is 4.72 Å². The molecule has 5 rings (SSSR count). The molecule has 0 bridgehead atoms. The maximum Gasteiger partial charge on any atom is 0.407 e. The van der Waals surface area contributed by atoms with Crippen molar-refractivity contribution in [2.24, 2.45) is 0 Å². The van der Waals surface area contributed by atoms with Crippen molar-refractivity contribution in [1.82, 2.24) is 14.9 Å². The predicted octanol–water partition coefficient (Wildman–Crippen LogP) is 5.96. The van der Waals surface area contributed by atoms with E-state index in [0.29, 0.717) is 33.5 Å². The molecule has 0 aliphatic rings. The van der Waals surface area contributed by atoms with Crippen molar-refractivity contribution < 1.29 is 27.9 Å². The first kappa shape index (κ1) is 29.1. The Bertz CT molecular complexity index is 1890. The van der Waals surface area contributed by atoms with E-state index in [2.05, 4.69) is 15.0 Å². The van der Waals surface area contributed by atoms with Crippen LogP contribution in [-0.2, 0) is 33.6 Å². The Kier molecular flexibility index (Phi) is 7.93. The number of carbonyl (C=O) groups is 2. The lowest BCUT2D eigenvalue weighted by atomic mass is 10.0. The van der Waals surface area contributed by atoms with Gasteiger partial charge in [-0.15, -0.1) is 0 Å². The first-order valence-corrected chi connectivity index (χ1v) is 15.7. The zero-order valence-electron chi connectivity index (χ0n) is 23.2. The van der Waals surface area contributed by atoms with Crippen molar-refractivity contribution in [1.29, 1.82) is 0 Å². The van der Waals surface area contributed by atoms with Gasteiger partial charge in [-0.25, -0.2) is 23.0 Å². The molecular formula is C30H30N4O6S2. The molecule has 0 radical (unpaired) electrons. The molecule has 0 fully saturated rings. The summed E-state index contributed by atoms with van der Waals surface area (Å²) in [5.41, 5.74) is 2.10. The average Bonchev–Trinajstić information content (AvgIpc) is 3.53. The Morgan fingerprint density at radius 3 is 2.55 bits per heavy atom. The molecule has 0 aliphatic heterocycles. The molecule has 3 heterocycles. The molecule has 5 aromatic rings. The molecule has 1 amide bonds. The van der Waals surface area contributed by atoms with Crippen LogP contribution >= 0.6 is 11.3 Å². The number of alkyl carbamates (subject to hydrolysis) is 1. The predicted molar refractivity (Wildman–Crippen MR) is 163 cm³/mol. The van der Waals surface area contributed by atoms with Gasteiger partial charge in [-0.3, -0.25) is 4.72 Å². The lowest BCUT2D eigenvalue weighted by Gasteiger charge is -2.19. The van der Waals surface area contributed by atoms with Gasteiger partial charge in [-0.2, -0.15) is 11.3 Å². The van der Waals surface area contributed by atoms with Crippen LogP contribution in [0.4, 0.5) is 10.5 Å². The number of hydrogen-bond donors (Lipinski definition) is 3. The van der Waals surface area contributed by atoms with E-state index in [1.165, 1.54) is 11.3 Å². The number of anilines is 1. The highest BCUT2D eigenvalue weighted by Crippen LogP contribution is 2.28. The van der Waals surface area contributed by atoms with Gasteiger partial charge in [-0.05, 0) is 89.8 Å². The Morgan fingerprint density at radius 1 is 1.05 bits per heavy atom. The molecule has 3 aromatic heterocycles. The number of carbonyl (C=O) groups excluding carboxylic acids is 1. The van der Waals surface area contributed by atoms with Crippen molar-refractivity contribution in [3.05, 3.63) is 93.9 Å². The van der Waals surface area contributed by atoms with E-state index < -0.39 is 27.7 Å². The summed E-state index contributed by atoms with van der Waals surface area (Å²) in [5, 5.41) is 18.6. The highest BCUT2D eigenvalue weighted by Gasteiger charge is 2.20. The van der Waals surface area contributed by atoms with Gasteiger partial charge in [0.25, 0.3) is 0 Å². The highest BCUT2D eigenvalue weighted by atomic mass is 32.2. The number of nitrogens with one attached hydrogen (secondary N) is 2. The van der Waals surface area contributed by atoms with E-state index in [-0.39, 0.29) is 24.5 Å². The van der Waals surface area contributed by atoms with Gasteiger partial charge < -0.3 is 19.7 Å². The molecule has 0 saturated heterocycles. The molecule has 10 nitrogen and oxygen atoms in total. The summed E-state index contributed by atoms with van der Waals surface area (Å²) >= 11 is 1.43. The zero-order valence-corrected chi connectivity index (χ0v) is 24.9. The lowest BCUT2D eigenvalue weighted by molar-refractivity contribution is 0.0522. The molecule has 0 atom stereocenters. The molecular weight excluding hydrogens is 576 g/mol. The number of sulfonamides is 1. The fraction of sp³-hybridized carbons (Fsp3) is 0.233. The van der Waals surface area contributed by atoms with E-state index in [9.17, 15) is 23.1 Å². The van der Waals surface area contributed by atoms with E-state index in [4.69, 9.17) is 4.74 Å². The third-order valence-corrected chi connectivity index (χ3v) is 8.31. The summed E-state index contributed by atoms with van der Waals surface area (Å²) in [6, 6.07) is 17.8. The van der Waals surface area contributed by atoms with E-state index in [1.54, 1.807) is 67.1 Å². The third kappa shape index (κ3) is 6.89. The number of carboxylic acid groups (broad SMARTS) is 1. The van der Waals surface area contributed by atoms with E-state index in [0.717, 1.165) is 10.8 Å². The second kappa shape index (κ2) is 11.5. The van der Waals surface area contributed by atoms with Crippen LogP contribution in [0.2, 0.25) is 0 Å². The number of amides is 1. The van der Waals surface area contributed by atoms with Crippen molar-refractivity contribution in [3.63, 3.8) is 0 Å². The number of fused-ring (bicyclic) bond motifs is 2. The van der Waals surface area contributed by atoms with Crippen molar-refractivity contribution in [2.45, 2.75) is 45.2 Å². The minimum absolute atomic E-state index is 0.0299. The van der Waals surface area contributed by atoms with Crippen molar-refractivity contribution >= 4 is 60.9 Å². The maximum atomic E-state index is 12.9. The van der Waals surface area contributed by atoms with E-state index >= 15 is 0 Å². The number of pyridine rings is 1. The van der Waals surface area contributed by atoms with Gasteiger partial charge in [0.15, 0.2) is 0 Å². The van der Waals surface area contributed by atoms with Gasteiger partial charge in [0.05, 0.1) is 24.5 Å². The molecule has 0 spiro atoms. The standard InChI is InChI=1S/C30H30N4O6S2/c1-30(2,3)40-29(37)31-15-23-9-8-21-14-26(28(35)36)34(27(21)32-23)16-22-13-24(12-20-6-4-5-7-25(20)22)33-42(38,39)18-19-10-11-41-17-19/h4-14,17,33H,15-16,18H2,1-3H3,(H,31,37)(H,35,36). The molecule has 12 heteroatoms. The summed E-state index contributed by atoms with van der Waals surface area (Å²) < 4.78 is 35.4. The maximum absolute atomic E-state index is 12.9. The summed E-state index contributed by atoms with van der Waals surface area (Å²) in [4.78, 5) is 29.1. The van der Waals surface area contributed by atoms with Gasteiger partial charge in [0, 0.05) is 11.1 Å². The zero-order chi connectivity index (χ0) is 30.1. The number of aromatic nitrogens is 2. The van der Waals surface area contributed by atoms with Crippen LogP contribution in [0.5, 0.6) is 0 Å². The molecule has 42 heavy (non-hydrogen) atoms. The van der Waals surface area contributed by atoms with E-state index in [1.807, 2.05) is 29.6 Å². The number of aromatic carboxylic acids is 1. The smallest absolute Gasteiger partial charge is 0.407 e. The molecule has 0 saturated carbocycles. The number of nitrogens with zero attached hydrogens (tertiary/aromatic N) is 2. The normalized spacial score (nSPS) is 12.0. The largest absolute Gasteiger partial charge is 0.477 e. The first-order chi connectivity index (χ1) is 19.9. The first-order valence-electron chi connectivity index (χ1n) is 13.1. The average molecular weight is 607 g/mol.